The quantitative estimate of drug-likeness (QED) is 0.501. The van der Waals surface area contributed by atoms with Gasteiger partial charge in [-0.1, -0.05) is 66.9 Å². The summed E-state index contributed by atoms with van der Waals surface area (Å²) in [6.07, 6.45) is 4.50. The summed E-state index contributed by atoms with van der Waals surface area (Å²) in [5.41, 5.74) is 2.10. The van der Waals surface area contributed by atoms with Crippen molar-refractivity contribution in [3.05, 3.63) is 22.8 Å². The third-order valence-electron chi connectivity index (χ3n) is 5.08. The van der Waals surface area contributed by atoms with E-state index in [1.165, 1.54) is 19.3 Å². The Kier molecular flexibility index (Phi) is 5.41. The maximum Gasteiger partial charge on any atom is 0.511 e. The first kappa shape index (κ1) is 19.6. The molecule has 0 atom stereocenters. The van der Waals surface area contributed by atoms with Crippen molar-refractivity contribution in [2.45, 2.75) is 90.4 Å². The lowest BCUT2D eigenvalue weighted by Crippen LogP contribution is -2.22. The van der Waals surface area contributed by atoms with E-state index in [4.69, 9.17) is 9.84 Å². The maximum absolute atomic E-state index is 11.2. The van der Waals surface area contributed by atoms with Gasteiger partial charge in [0.25, 0.3) is 0 Å². The molecule has 1 aromatic rings. The lowest BCUT2D eigenvalue weighted by molar-refractivity contribution is 0.141. The molecule has 1 aromatic carbocycles. The van der Waals surface area contributed by atoms with Crippen LogP contribution in [0.15, 0.2) is 6.07 Å². The van der Waals surface area contributed by atoms with Crippen molar-refractivity contribution in [3.63, 3.8) is 0 Å². The van der Waals surface area contributed by atoms with Gasteiger partial charge in [0, 0.05) is 11.1 Å². The number of rotatable bonds is 2. The average molecular weight is 348 g/mol. The standard InChI is InChI=1S/C21H32O4/c1-20(2,3)15-12-14(13-10-8-7-9-11-13)16(21(4,5)6)17(22)18(15)25-19(23)24/h12-13,22H,7-11H2,1-6H3,(H,23,24). The number of carboxylic acid groups (broad SMARTS) is 1. The van der Waals surface area contributed by atoms with E-state index in [0.717, 1.165) is 29.5 Å². The number of ether oxygens (including phenoxy) is 1. The van der Waals surface area contributed by atoms with Gasteiger partial charge in [-0.05, 0) is 35.2 Å². The molecule has 0 amide bonds. The number of hydrogen-bond donors (Lipinski definition) is 2. The Labute approximate surface area is 151 Å². The van der Waals surface area contributed by atoms with Crippen LogP contribution in [0.25, 0.3) is 0 Å². The van der Waals surface area contributed by atoms with Crippen LogP contribution in [-0.2, 0) is 10.8 Å². The SMILES string of the molecule is CC(C)(C)c1cc(C2CCCCC2)c(C(C)(C)C)c(O)c1OC(=O)O. The van der Waals surface area contributed by atoms with E-state index in [9.17, 15) is 9.90 Å². The summed E-state index contributed by atoms with van der Waals surface area (Å²) in [4.78, 5) is 11.2. The maximum atomic E-state index is 11.2. The van der Waals surface area contributed by atoms with Gasteiger partial charge >= 0.3 is 6.16 Å². The zero-order chi connectivity index (χ0) is 19.0. The van der Waals surface area contributed by atoms with Crippen molar-refractivity contribution < 1.29 is 19.7 Å². The van der Waals surface area contributed by atoms with E-state index in [1.54, 1.807) is 0 Å². The van der Waals surface area contributed by atoms with Crippen LogP contribution in [0, 0.1) is 0 Å². The second-order valence-electron chi connectivity index (χ2n) is 9.27. The summed E-state index contributed by atoms with van der Waals surface area (Å²) < 4.78 is 5.05. The van der Waals surface area contributed by atoms with Crippen molar-refractivity contribution in [2.24, 2.45) is 0 Å². The molecule has 0 unspecified atom stereocenters. The highest BCUT2D eigenvalue weighted by Gasteiger charge is 2.34. The molecule has 1 aliphatic rings. The Balaban J connectivity index is 2.77. The molecule has 0 radical (unpaired) electrons. The van der Waals surface area contributed by atoms with Crippen LogP contribution in [0.5, 0.6) is 11.5 Å². The van der Waals surface area contributed by atoms with Gasteiger partial charge < -0.3 is 14.9 Å². The molecule has 140 valence electrons. The highest BCUT2D eigenvalue weighted by atomic mass is 16.7. The van der Waals surface area contributed by atoms with E-state index in [-0.39, 0.29) is 22.3 Å². The molecule has 25 heavy (non-hydrogen) atoms. The predicted octanol–water partition coefficient (Wildman–Crippen LogP) is 6.09. The summed E-state index contributed by atoms with van der Waals surface area (Å²) in [5, 5.41) is 20.2. The summed E-state index contributed by atoms with van der Waals surface area (Å²) >= 11 is 0. The number of benzene rings is 1. The highest BCUT2D eigenvalue weighted by Crippen LogP contribution is 2.50. The van der Waals surface area contributed by atoms with Crippen molar-refractivity contribution in [3.8, 4) is 11.5 Å². The molecule has 2 rings (SSSR count). The van der Waals surface area contributed by atoms with Crippen LogP contribution in [0.1, 0.15) is 96.3 Å². The van der Waals surface area contributed by atoms with Gasteiger partial charge in [0.15, 0.2) is 11.5 Å². The molecule has 4 heteroatoms. The molecule has 1 saturated carbocycles. The van der Waals surface area contributed by atoms with Crippen LogP contribution in [0.4, 0.5) is 4.79 Å². The summed E-state index contributed by atoms with van der Waals surface area (Å²) in [5.74, 6) is 0.487. The van der Waals surface area contributed by atoms with Crippen LogP contribution in [-0.4, -0.2) is 16.4 Å². The predicted molar refractivity (Wildman–Crippen MR) is 100.0 cm³/mol. The van der Waals surface area contributed by atoms with Gasteiger partial charge in [0.05, 0.1) is 0 Å². The number of phenolic OH excluding ortho intramolecular Hbond substituents is 1. The molecular formula is C21H32O4. The smallest absolute Gasteiger partial charge is 0.504 e. The van der Waals surface area contributed by atoms with Crippen LogP contribution < -0.4 is 4.74 Å². The second-order valence-corrected chi connectivity index (χ2v) is 9.27. The Morgan fingerprint density at radius 1 is 1.04 bits per heavy atom. The highest BCUT2D eigenvalue weighted by molar-refractivity contribution is 5.68. The first-order valence-corrected chi connectivity index (χ1v) is 9.24. The van der Waals surface area contributed by atoms with Crippen LogP contribution >= 0.6 is 0 Å². The lowest BCUT2D eigenvalue weighted by atomic mass is 9.72. The third kappa shape index (κ3) is 4.28. The van der Waals surface area contributed by atoms with Crippen molar-refractivity contribution in [1.29, 1.82) is 0 Å². The van der Waals surface area contributed by atoms with E-state index in [1.807, 2.05) is 20.8 Å². The second kappa shape index (κ2) is 6.89. The minimum atomic E-state index is -1.40. The molecule has 1 fully saturated rings. The van der Waals surface area contributed by atoms with Gasteiger partial charge in [-0.25, -0.2) is 4.79 Å². The summed E-state index contributed by atoms with van der Waals surface area (Å²) in [6.45, 7) is 12.2. The van der Waals surface area contributed by atoms with Crippen molar-refractivity contribution in [1.82, 2.24) is 0 Å². The van der Waals surface area contributed by atoms with Crippen molar-refractivity contribution in [2.75, 3.05) is 0 Å². The third-order valence-corrected chi connectivity index (χ3v) is 5.08. The van der Waals surface area contributed by atoms with E-state index in [2.05, 4.69) is 26.8 Å². The van der Waals surface area contributed by atoms with Gasteiger partial charge in [-0.3, -0.25) is 0 Å². The number of carbonyl (C=O) groups is 1. The minimum Gasteiger partial charge on any atom is -0.504 e. The topological polar surface area (TPSA) is 66.8 Å². The van der Waals surface area contributed by atoms with E-state index in [0.29, 0.717) is 5.92 Å². The number of aromatic hydroxyl groups is 1. The van der Waals surface area contributed by atoms with Gasteiger partial charge in [0.2, 0.25) is 0 Å². The molecule has 4 nitrogen and oxygen atoms in total. The van der Waals surface area contributed by atoms with E-state index >= 15 is 0 Å². The van der Waals surface area contributed by atoms with E-state index < -0.39 is 6.16 Å². The normalized spacial score (nSPS) is 16.7. The Bertz CT molecular complexity index is 641. The van der Waals surface area contributed by atoms with Crippen LogP contribution in [0.2, 0.25) is 0 Å². The first-order chi connectivity index (χ1) is 11.4. The molecule has 0 bridgehead atoms. The fourth-order valence-corrected chi connectivity index (χ4v) is 3.94. The molecule has 0 heterocycles. The first-order valence-electron chi connectivity index (χ1n) is 9.24. The molecule has 0 aliphatic heterocycles. The molecule has 2 N–H and O–H groups in total. The van der Waals surface area contributed by atoms with Gasteiger partial charge in [0.1, 0.15) is 0 Å². The zero-order valence-electron chi connectivity index (χ0n) is 16.4. The molecule has 0 saturated heterocycles. The number of hydrogen-bond acceptors (Lipinski definition) is 3. The molecule has 0 aromatic heterocycles. The van der Waals surface area contributed by atoms with Crippen LogP contribution in [0.3, 0.4) is 0 Å². The largest absolute Gasteiger partial charge is 0.511 e. The van der Waals surface area contributed by atoms with Crippen molar-refractivity contribution >= 4 is 6.16 Å². The number of phenols is 1. The minimum absolute atomic E-state index is 0.0112. The summed E-state index contributed by atoms with van der Waals surface area (Å²) in [7, 11) is 0. The lowest BCUT2D eigenvalue weighted by Gasteiger charge is -2.34. The fraction of sp³-hybridized carbons (Fsp3) is 0.667. The Morgan fingerprint density at radius 2 is 1.60 bits per heavy atom. The molecule has 0 spiro atoms. The zero-order valence-corrected chi connectivity index (χ0v) is 16.4. The van der Waals surface area contributed by atoms with Gasteiger partial charge in [-0.15, -0.1) is 0 Å². The fourth-order valence-electron chi connectivity index (χ4n) is 3.94. The molecular weight excluding hydrogens is 316 g/mol. The molecule has 1 aliphatic carbocycles. The Hall–Kier alpha value is -1.71. The average Bonchev–Trinajstić information content (AvgIpc) is 2.46. The summed E-state index contributed by atoms with van der Waals surface area (Å²) in [6, 6.07) is 2.09. The monoisotopic (exact) mass is 348 g/mol. The van der Waals surface area contributed by atoms with Gasteiger partial charge in [-0.2, -0.15) is 0 Å². The Morgan fingerprint density at radius 3 is 2.04 bits per heavy atom.